The summed E-state index contributed by atoms with van der Waals surface area (Å²) in [5, 5.41) is 9.76. The van der Waals surface area contributed by atoms with Gasteiger partial charge >= 0.3 is 0 Å². The Hall–Kier alpha value is -0.0900. The molecule has 0 aromatic heterocycles. The molecule has 1 fully saturated rings. The minimum Gasteiger partial charge on any atom is -0.395 e. The van der Waals surface area contributed by atoms with Crippen molar-refractivity contribution in [2.24, 2.45) is 0 Å². The molecule has 0 radical (unpaired) electrons. The molecule has 0 heterocycles. The lowest BCUT2D eigenvalue weighted by Gasteiger charge is -2.21. The second-order valence-electron chi connectivity index (χ2n) is 4.17. The first-order valence-electron chi connectivity index (χ1n) is 5.49. The number of benzene rings is 1. The van der Waals surface area contributed by atoms with Crippen LogP contribution >= 0.6 is 27.5 Å². The van der Waals surface area contributed by atoms with Crippen LogP contribution in [0.4, 0.5) is 0 Å². The van der Waals surface area contributed by atoms with Gasteiger partial charge in [0, 0.05) is 23.6 Å². The van der Waals surface area contributed by atoms with E-state index in [2.05, 4.69) is 26.9 Å². The number of halogens is 2. The van der Waals surface area contributed by atoms with Gasteiger partial charge in [0.1, 0.15) is 0 Å². The molecule has 0 unspecified atom stereocenters. The molecule has 1 aromatic carbocycles. The topological polar surface area (TPSA) is 23.5 Å². The van der Waals surface area contributed by atoms with Crippen LogP contribution in [-0.2, 0) is 6.54 Å². The number of hydrogen-bond acceptors (Lipinski definition) is 2. The molecule has 4 heteroatoms. The van der Waals surface area contributed by atoms with E-state index in [1.165, 1.54) is 18.4 Å². The zero-order valence-electron chi connectivity index (χ0n) is 9.00. The van der Waals surface area contributed by atoms with Crippen molar-refractivity contribution in [2.45, 2.75) is 25.4 Å². The third kappa shape index (κ3) is 3.20. The average Bonchev–Trinajstić information content (AvgIpc) is 3.06. The van der Waals surface area contributed by atoms with E-state index >= 15 is 0 Å². The zero-order valence-corrected chi connectivity index (χ0v) is 11.3. The van der Waals surface area contributed by atoms with Gasteiger partial charge in [-0.15, -0.1) is 0 Å². The van der Waals surface area contributed by atoms with Gasteiger partial charge in [-0.3, -0.25) is 4.90 Å². The molecule has 1 N–H and O–H groups in total. The maximum Gasteiger partial charge on any atom is 0.0558 e. The molecule has 0 spiro atoms. The number of aliphatic hydroxyl groups excluding tert-OH is 1. The van der Waals surface area contributed by atoms with E-state index in [-0.39, 0.29) is 6.61 Å². The molecule has 2 rings (SSSR count). The highest BCUT2D eigenvalue weighted by Crippen LogP contribution is 2.29. The summed E-state index contributed by atoms with van der Waals surface area (Å²) >= 11 is 9.38. The van der Waals surface area contributed by atoms with E-state index in [0.29, 0.717) is 6.04 Å². The standard InChI is InChI=1S/C12H15BrClNO/c13-11-7-9(1-4-12(11)14)8-15(5-6-16)10-2-3-10/h1,4,7,10,16H,2-3,5-6,8H2. The van der Waals surface area contributed by atoms with Crippen molar-refractivity contribution in [3.63, 3.8) is 0 Å². The zero-order chi connectivity index (χ0) is 11.5. The molecule has 1 saturated carbocycles. The lowest BCUT2D eigenvalue weighted by Crippen LogP contribution is -2.28. The monoisotopic (exact) mass is 303 g/mol. The summed E-state index contributed by atoms with van der Waals surface area (Å²) < 4.78 is 0.936. The number of hydrogen-bond donors (Lipinski definition) is 1. The summed E-state index contributed by atoms with van der Waals surface area (Å²) in [5.41, 5.74) is 1.23. The van der Waals surface area contributed by atoms with E-state index in [0.717, 1.165) is 22.6 Å². The molecule has 0 amide bonds. The minimum atomic E-state index is 0.227. The lowest BCUT2D eigenvalue weighted by atomic mass is 10.2. The number of nitrogens with zero attached hydrogens (tertiary/aromatic N) is 1. The van der Waals surface area contributed by atoms with Crippen molar-refractivity contribution < 1.29 is 5.11 Å². The van der Waals surface area contributed by atoms with Gasteiger partial charge in [0.25, 0.3) is 0 Å². The Morgan fingerprint density at radius 3 is 2.75 bits per heavy atom. The van der Waals surface area contributed by atoms with Gasteiger partial charge in [-0.25, -0.2) is 0 Å². The molecule has 0 atom stereocenters. The summed E-state index contributed by atoms with van der Waals surface area (Å²) in [7, 11) is 0. The maximum atomic E-state index is 9.02. The molecule has 1 aromatic rings. The van der Waals surface area contributed by atoms with Crippen molar-refractivity contribution in [1.82, 2.24) is 4.90 Å². The quantitative estimate of drug-likeness (QED) is 0.904. The maximum absolute atomic E-state index is 9.02. The summed E-state index contributed by atoms with van der Waals surface area (Å²) in [4.78, 5) is 2.33. The molecular weight excluding hydrogens is 289 g/mol. The van der Waals surface area contributed by atoms with Crippen LogP contribution in [0.15, 0.2) is 22.7 Å². The first-order chi connectivity index (χ1) is 7.70. The smallest absolute Gasteiger partial charge is 0.0558 e. The van der Waals surface area contributed by atoms with Gasteiger partial charge < -0.3 is 5.11 Å². The van der Waals surface area contributed by atoms with Gasteiger partial charge in [-0.2, -0.15) is 0 Å². The number of rotatable bonds is 5. The summed E-state index contributed by atoms with van der Waals surface area (Å²) in [6.07, 6.45) is 2.52. The SMILES string of the molecule is OCCN(Cc1ccc(Cl)c(Br)c1)C1CC1. The Kier molecular flexibility index (Phi) is 4.25. The highest BCUT2D eigenvalue weighted by molar-refractivity contribution is 9.10. The Morgan fingerprint density at radius 1 is 1.44 bits per heavy atom. The third-order valence-electron chi connectivity index (χ3n) is 2.82. The van der Waals surface area contributed by atoms with Crippen LogP contribution in [0, 0.1) is 0 Å². The molecule has 0 bridgehead atoms. The molecule has 2 nitrogen and oxygen atoms in total. The highest BCUT2D eigenvalue weighted by atomic mass is 79.9. The van der Waals surface area contributed by atoms with Gasteiger partial charge in [0.05, 0.1) is 11.6 Å². The van der Waals surface area contributed by atoms with Gasteiger partial charge in [-0.05, 0) is 46.5 Å². The average molecular weight is 305 g/mol. The third-order valence-corrected chi connectivity index (χ3v) is 4.03. The Balaban J connectivity index is 2.03. The van der Waals surface area contributed by atoms with Crippen molar-refractivity contribution in [3.05, 3.63) is 33.3 Å². The van der Waals surface area contributed by atoms with Crippen LogP contribution in [0.1, 0.15) is 18.4 Å². The first-order valence-corrected chi connectivity index (χ1v) is 6.66. The fourth-order valence-corrected chi connectivity index (χ4v) is 2.38. The summed E-state index contributed by atoms with van der Waals surface area (Å²) in [5.74, 6) is 0. The second kappa shape index (κ2) is 5.50. The van der Waals surface area contributed by atoms with Crippen LogP contribution in [0.25, 0.3) is 0 Å². The fourth-order valence-electron chi connectivity index (χ4n) is 1.83. The predicted molar refractivity (Wildman–Crippen MR) is 69.7 cm³/mol. The van der Waals surface area contributed by atoms with Gasteiger partial charge in [-0.1, -0.05) is 17.7 Å². The fraction of sp³-hybridized carbons (Fsp3) is 0.500. The summed E-state index contributed by atoms with van der Waals surface area (Å²) in [6, 6.07) is 6.67. The minimum absolute atomic E-state index is 0.227. The summed E-state index contributed by atoms with van der Waals surface area (Å²) in [6.45, 7) is 1.87. The van der Waals surface area contributed by atoms with E-state index < -0.39 is 0 Å². The number of aliphatic hydroxyl groups is 1. The van der Waals surface area contributed by atoms with Crippen LogP contribution in [0.3, 0.4) is 0 Å². The van der Waals surface area contributed by atoms with Crippen LogP contribution in [-0.4, -0.2) is 29.2 Å². The Morgan fingerprint density at radius 2 is 2.19 bits per heavy atom. The second-order valence-corrected chi connectivity index (χ2v) is 5.44. The molecule has 1 aliphatic rings. The normalized spacial score (nSPS) is 15.8. The van der Waals surface area contributed by atoms with Crippen molar-refractivity contribution in [3.8, 4) is 0 Å². The van der Waals surface area contributed by atoms with E-state index in [9.17, 15) is 0 Å². The van der Waals surface area contributed by atoms with Crippen molar-refractivity contribution in [1.29, 1.82) is 0 Å². The van der Waals surface area contributed by atoms with Crippen molar-refractivity contribution in [2.75, 3.05) is 13.2 Å². The van der Waals surface area contributed by atoms with Crippen molar-refractivity contribution >= 4 is 27.5 Å². The molecular formula is C12H15BrClNO. The first kappa shape index (κ1) is 12.4. The van der Waals surface area contributed by atoms with Crippen LogP contribution in [0.2, 0.25) is 5.02 Å². The molecule has 0 saturated heterocycles. The lowest BCUT2D eigenvalue weighted by molar-refractivity contribution is 0.183. The Bertz CT molecular complexity index is 368. The molecule has 88 valence electrons. The van der Waals surface area contributed by atoms with Crippen LogP contribution in [0.5, 0.6) is 0 Å². The van der Waals surface area contributed by atoms with Crippen LogP contribution < -0.4 is 0 Å². The van der Waals surface area contributed by atoms with E-state index in [1.54, 1.807) is 0 Å². The molecule has 0 aliphatic heterocycles. The predicted octanol–water partition coefficient (Wildman–Crippen LogP) is 3.06. The van der Waals surface area contributed by atoms with E-state index in [1.807, 2.05) is 12.1 Å². The molecule has 1 aliphatic carbocycles. The van der Waals surface area contributed by atoms with E-state index in [4.69, 9.17) is 16.7 Å². The largest absolute Gasteiger partial charge is 0.395 e. The Labute approximate surface area is 109 Å². The highest BCUT2D eigenvalue weighted by Gasteiger charge is 2.28. The molecule has 16 heavy (non-hydrogen) atoms. The van der Waals surface area contributed by atoms with Gasteiger partial charge in [0.15, 0.2) is 0 Å². The van der Waals surface area contributed by atoms with Gasteiger partial charge in [0.2, 0.25) is 0 Å².